The van der Waals surface area contributed by atoms with Crippen LogP contribution in [0, 0.1) is 6.92 Å². The van der Waals surface area contributed by atoms with Gasteiger partial charge >= 0.3 is 0 Å². The van der Waals surface area contributed by atoms with E-state index in [-0.39, 0.29) is 6.61 Å². The molecule has 1 N–H and O–H groups in total. The highest BCUT2D eigenvalue weighted by Gasteiger charge is 2.16. The topological polar surface area (TPSA) is 66.5 Å². The first-order valence-electron chi connectivity index (χ1n) is 5.90. The van der Waals surface area contributed by atoms with Gasteiger partial charge in [0.15, 0.2) is 0 Å². The Bertz CT molecular complexity index is 541. The van der Waals surface area contributed by atoms with Gasteiger partial charge in [0.1, 0.15) is 17.3 Å². The molecule has 2 aromatic rings. The zero-order valence-electron chi connectivity index (χ0n) is 10.5. The third-order valence-corrected chi connectivity index (χ3v) is 3.21. The molecule has 0 radical (unpaired) electrons. The van der Waals surface area contributed by atoms with Crippen LogP contribution in [-0.4, -0.2) is 44.4 Å². The van der Waals surface area contributed by atoms with Crippen LogP contribution in [0.3, 0.4) is 0 Å². The number of hydrogen-bond acceptors (Lipinski definition) is 5. The van der Waals surface area contributed by atoms with Gasteiger partial charge in [0.25, 0.3) is 5.78 Å². The van der Waals surface area contributed by atoms with Gasteiger partial charge < -0.3 is 10.0 Å². The first-order valence-corrected chi connectivity index (χ1v) is 6.28. The van der Waals surface area contributed by atoms with E-state index in [2.05, 4.69) is 20.0 Å². The first-order chi connectivity index (χ1) is 8.69. The molecule has 0 aliphatic carbocycles. The highest BCUT2D eigenvalue weighted by atomic mass is 35.5. The number of aliphatic hydroxyl groups excluding tert-OH is 1. The normalized spacial score (nSPS) is 11.1. The van der Waals surface area contributed by atoms with Gasteiger partial charge in [0.2, 0.25) is 0 Å². The minimum atomic E-state index is 0.162. The van der Waals surface area contributed by atoms with E-state index < -0.39 is 0 Å². The summed E-state index contributed by atoms with van der Waals surface area (Å²) >= 11 is 6.12. The molecule has 0 saturated carbocycles. The third-order valence-electron chi connectivity index (χ3n) is 2.84. The number of anilines is 1. The van der Waals surface area contributed by atoms with E-state index in [0.717, 1.165) is 24.5 Å². The van der Waals surface area contributed by atoms with Gasteiger partial charge in [-0.3, -0.25) is 0 Å². The van der Waals surface area contributed by atoms with Crippen molar-refractivity contribution in [3.8, 4) is 0 Å². The van der Waals surface area contributed by atoms with E-state index >= 15 is 0 Å². The molecular formula is C11H16ClN5O. The summed E-state index contributed by atoms with van der Waals surface area (Å²) in [5.74, 6) is 1.38. The zero-order chi connectivity index (χ0) is 13.1. The number of halogens is 1. The molecule has 0 aliphatic heterocycles. The lowest BCUT2D eigenvalue weighted by molar-refractivity contribution is 0.289. The van der Waals surface area contributed by atoms with Crippen LogP contribution >= 0.6 is 11.6 Å². The predicted molar refractivity (Wildman–Crippen MR) is 70.1 cm³/mol. The number of aromatic nitrogens is 4. The number of aliphatic hydroxyl groups is 1. The molecule has 0 atom stereocenters. The fourth-order valence-electron chi connectivity index (χ4n) is 1.93. The Morgan fingerprint density at radius 2 is 2.28 bits per heavy atom. The second kappa shape index (κ2) is 5.49. The molecular weight excluding hydrogens is 254 g/mol. The van der Waals surface area contributed by atoms with Crippen molar-refractivity contribution < 1.29 is 5.11 Å². The summed E-state index contributed by atoms with van der Waals surface area (Å²) in [7, 11) is 0. The second-order valence-electron chi connectivity index (χ2n) is 3.98. The summed E-state index contributed by atoms with van der Waals surface area (Å²) in [6.07, 6.45) is 2.16. The van der Waals surface area contributed by atoms with Crippen molar-refractivity contribution >= 4 is 23.2 Å². The van der Waals surface area contributed by atoms with Crippen LogP contribution < -0.4 is 4.90 Å². The average Bonchev–Trinajstić information content (AvgIpc) is 2.81. The van der Waals surface area contributed by atoms with Gasteiger partial charge in [0, 0.05) is 25.3 Å². The molecule has 0 spiro atoms. The van der Waals surface area contributed by atoms with Gasteiger partial charge in [-0.1, -0.05) is 11.6 Å². The van der Waals surface area contributed by atoms with Crippen LogP contribution in [0.15, 0.2) is 6.33 Å². The Balaban J connectivity index is 2.52. The molecule has 2 heterocycles. The minimum Gasteiger partial charge on any atom is -0.396 e. The summed E-state index contributed by atoms with van der Waals surface area (Å²) in [5, 5.41) is 13.6. The number of rotatable bonds is 5. The molecule has 0 unspecified atom stereocenters. The van der Waals surface area contributed by atoms with Crippen molar-refractivity contribution in [2.75, 3.05) is 24.6 Å². The number of hydrogen-bond donors (Lipinski definition) is 1. The Kier molecular flexibility index (Phi) is 3.98. The molecule has 0 bridgehead atoms. The van der Waals surface area contributed by atoms with Crippen molar-refractivity contribution in [3.05, 3.63) is 17.0 Å². The molecule has 98 valence electrons. The largest absolute Gasteiger partial charge is 0.396 e. The summed E-state index contributed by atoms with van der Waals surface area (Å²) in [4.78, 5) is 10.3. The Hall–Kier alpha value is -1.40. The van der Waals surface area contributed by atoms with E-state index in [1.165, 1.54) is 6.33 Å². The molecule has 18 heavy (non-hydrogen) atoms. The van der Waals surface area contributed by atoms with Crippen molar-refractivity contribution in [1.82, 2.24) is 19.6 Å². The summed E-state index contributed by atoms with van der Waals surface area (Å²) in [5.41, 5.74) is 0.870. The molecule has 0 aliphatic rings. The molecule has 0 saturated heterocycles. The molecule has 0 aromatic carbocycles. The zero-order valence-corrected chi connectivity index (χ0v) is 11.2. The summed E-state index contributed by atoms with van der Waals surface area (Å²) in [6.45, 7) is 5.66. The average molecular weight is 270 g/mol. The monoisotopic (exact) mass is 269 g/mol. The van der Waals surface area contributed by atoms with Gasteiger partial charge in [-0.15, -0.1) is 0 Å². The standard InChI is InChI=1S/C11H16ClN5O/c1-3-16(5-4-6-18)10-8(2)9(12)15-11-13-7-14-17(10)11/h7,18H,3-6H2,1-2H3. The summed E-state index contributed by atoms with van der Waals surface area (Å²) < 4.78 is 1.68. The van der Waals surface area contributed by atoms with Crippen molar-refractivity contribution in [3.63, 3.8) is 0 Å². The maximum Gasteiger partial charge on any atom is 0.255 e. The smallest absolute Gasteiger partial charge is 0.255 e. The minimum absolute atomic E-state index is 0.162. The maximum absolute atomic E-state index is 8.95. The highest BCUT2D eigenvalue weighted by molar-refractivity contribution is 6.30. The second-order valence-corrected chi connectivity index (χ2v) is 4.34. The predicted octanol–water partition coefficient (Wildman–Crippen LogP) is 1.29. The Morgan fingerprint density at radius 3 is 2.94 bits per heavy atom. The highest BCUT2D eigenvalue weighted by Crippen LogP contribution is 2.25. The Morgan fingerprint density at radius 1 is 1.50 bits per heavy atom. The third kappa shape index (κ3) is 2.26. The quantitative estimate of drug-likeness (QED) is 0.829. The lowest BCUT2D eigenvalue weighted by Gasteiger charge is -2.24. The maximum atomic E-state index is 8.95. The van der Waals surface area contributed by atoms with Gasteiger partial charge in [-0.2, -0.15) is 19.6 Å². The van der Waals surface area contributed by atoms with E-state index in [9.17, 15) is 0 Å². The molecule has 6 nitrogen and oxygen atoms in total. The van der Waals surface area contributed by atoms with Crippen LogP contribution in [0.25, 0.3) is 5.78 Å². The fourth-order valence-corrected chi connectivity index (χ4v) is 2.09. The molecule has 2 rings (SSSR count). The number of fused-ring (bicyclic) bond motifs is 1. The van der Waals surface area contributed by atoms with E-state index in [1.54, 1.807) is 4.52 Å². The Labute approximate surface area is 110 Å². The van der Waals surface area contributed by atoms with Crippen molar-refractivity contribution in [2.24, 2.45) is 0 Å². The van der Waals surface area contributed by atoms with E-state index in [1.807, 2.05) is 13.8 Å². The molecule has 7 heteroatoms. The van der Waals surface area contributed by atoms with Crippen LogP contribution in [-0.2, 0) is 0 Å². The van der Waals surface area contributed by atoms with E-state index in [4.69, 9.17) is 16.7 Å². The molecule has 0 fully saturated rings. The van der Waals surface area contributed by atoms with Gasteiger partial charge in [-0.05, 0) is 20.3 Å². The van der Waals surface area contributed by atoms with Crippen LogP contribution in [0.5, 0.6) is 0 Å². The lowest BCUT2D eigenvalue weighted by Crippen LogP contribution is -2.28. The lowest BCUT2D eigenvalue weighted by atomic mass is 10.3. The van der Waals surface area contributed by atoms with Gasteiger partial charge in [-0.25, -0.2) is 0 Å². The first kappa shape index (κ1) is 13.0. The molecule has 2 aromatic heterocycles. The van der Waals surface area contributed by atoms with Crippen LogP contribution in [0.1, 0.15) is 18.9 Å². The van der Waals surface area contributed by atoms with Gasteiger partial charge in [0.05, 0.1) is 0 Å². The SMILES string of the molecule is CCN(CCCO)c1c(C)c(Cl)nc2ncnn12. The molecule has 0 amide bonds. The van der Waals surface area contributed by atoms with Crippen molar-refractivity contribution in [1.29, 1.82) is 0 Å². The van der Waals surface area contributed by atoms with Crippen LogP contribution in [0.4, 0.5) is 5.82 Å². The van der Waals surface area contributed by atoms with Crippen LogP contribution in [0.2, 0.25) is 5.15 Å². The summed E-state index contributed by atoms with van der Waals surface area (Å²) in [6, 6.07) is 0. The van der Waals surface area contributed by atoms with Crippen molar-refractivity contribution in [2.45, 2.75) is 20.3 Å². The van der Waals surface area contributed by atoms with E-state index in [0.29, 0.717) is 17.4 Å². The number of nitrogens with zero attached hydrogens (tertiary/aromatic N) is 5. The fraction of sp³-hybridized carbons (Fsp3) is 0.545.